The lowest BCUT2D eigenvalue weighted by Gasteiger charge is -2.35. The number of carbonyl (C=O) groups is 1. The first-order valence-electron chi connectivity index (χ1n) is 11.1. The van der Waals surface area contributed by atoms with Gasteiger partial charge in [-0.15, -0.1) is 10.2 Å². The summed E-state index contributed by atoms with van der Waals surface area (Å²) in [5, 5.41) is 12.3. The summed E-state index contributed by atoms with van der Waals surface area (Å²) in [6.07, 6.45) is 12.5. The van der Waals surface area contributed by atoms with Crippen molar-refractivity contribution in [2.45, 2.75) is 55.9 Å². The topological polar surface area (TPSA) is 93.8 Å². The Kier molecular flexibility index (Phi) is 4.20. The SMILES string of the molecule is O=C(NC12CCCC3CC1CC(c1nnc(-c4cccnc4)o1)(C3)C2)c1ccccn1. The molecular formula is C24H25N5O2. The van der Waals surface area contributed by atoms with E-state index in [1.54, 1.807) is 24.7 Å². The Hall–Kier alpha value is -3.09. The van der Waals surface area contributed by atoms with Crippen LogP contribution < -0.4 is 5.32 Å². The molecule has 3 fully saturated rings. The van der Waals surface area contributed by atoms with E-state index in [1.165, 1.54) is 6.42 Å². The van der Waals surface area contributed by atoms with Gasteiger partial charge in [-0.25, -0.2) is 0 Å². The van der Waals surface area contributed by atoms with Crippen LogP contribution >= 0.6 is 0 Å². The smallest absolute Gasteiger partial charge is 0.270 e. The molecule has 158 valence electrons. The summed E-state index contributed by atoms with van der Waals surface area (Å²) in [6, 6.07) is 9.27. The van der Waals surface area contributed by atoms with Gasteiger partial charge in [0.15, 0.2) is 0 Å². The maximum absolute atomic E-state index is 13.1. The van der Waals surface area contributed by atoms with E-state index in [0.717, 1.165) is 50.0 Å². The molecule has 0 aliphatic heterocycles. The third-order valence-corrected chi connectivity index (χ3v) is 7.65. The van der Waals surface area contributed by atoms with Crippen molar-refractivity contribution in [1.82, 2.24) is 25.5 Å². The number of nitrogens with one attached hydrogen (secondary N) is 1. The summed E-state index contributed by atoms with van der Waals surface area (Å²) in [5.41, 5.74) is 0.910. The molecule has 3 aliphatic rings. The van der Waals surface area contributed by atoms with Gasteiger partial charge in [0.25, 0.3) is 5.91 Å². The average molecular weight is 415 g/mol. The van der Waals surface area contributed by atoms with Crippen LogP contribution in [0, 0.1) is 11.8 Å². The van der Waals surface area contributed by atoms with Gasteiger partial charge >= 0.3 is 0 Å². The van der Waals surface area contributed by atoms with Crippen LogP contribution in [0.15, 0.2) is 53.3 Å². The number of nitrogens with zero attached hydrogens (tertiary/aromatic N) is 4. The summed E-state index contributed by atoms with van der Waals surface area (Å²) < 4.78 is 6.24. The van der Waals surface area contributed by atoms with E-state index in [9.17, 15) is 4.79 Å². The first-order chi connectivity index (χ1) is 15.2. The van der Waals surface area contributed by atoms with Crippen molar-refractivity contribution in [2.24, 2.45) is 11.8 Å². The molecule has 3 saturated carbocycles. The van der Waals surface area contributed by atoms with Crippen LogP contribution in [0.1, 0.15) is 61.3 Å². The molecular weight excluding hydrogens is 390 g/mol. The van der Waals surface area contributed by atoms with E-state index in [2.05, 4.69) is 25.5 Å². The Morgan fingerprint density at radius 2 is 2.10 bits per heavy atom. The lowest BCUT2D eigenvalue weighted by molar-refractivity contribution is 0.0856. The molecule has 3 bridgehead atoms. The zero-order chi connectivity index (χ0) is 20.9. The van der Waals surface area contributed by atoms with E-state index in [0.29, 0.717) is 23.4 Å². The number of fused-ring (bicyclic) bond motifs is 2. The molecule has 0 aromatic carbocycles. The predicted molar refractivity (Wildman–Crippen MR) is 113 cm³/mol. The number of hydrogen-bond acceptors (Lipinski definition) is 6. The standard InChI is InChI=1S/C24H25N5O2/c30-20(19-7-1-2-10-26-19)27-24-8-3-5-16-11-18(24)13-23(12-16,15-24)22-29-28-21(31-22)17-6-4-9-25-14-17/h1-2,4,6-7,9-10,14,16,18H,3,5,8,11-13,15H2,(H,27,30). The number of hydrogen-bond donors (Lipinski definition) is 1. The van der Waals surface area contributed by atoms with Crippen LogP contribution in [-0.4, -0.2) is 31.6 Å². The van der Waals surface area contributed by atoms with Gasteiger partial charge in [0.05, 0.1) is 11.0 Å². The molecule has 31 heavy (non-hydrogen) atoms. The maximum Gasteiger partial charge on any atom is 0.270 e. The van der Waals surface area contributed by atoms with Crippen molar-refractivity contribution < 1.29 is 9.21 Å². The Bertz CT molecular complexity index is 1100. The maximum atomic E-state index is 13.1. The summed E-state index contributed by atoms with van der Waals surface area (Å²) in [5.74, 6) is 2.22. The number of pyridine rings is 2. The fourth-order valence-corrected chi connectivity index (χ4v) is 6.50. The Balaban J connectivity index is 1.34. The van der Waals surface area contributed by atoms with Crippen molar-refractivity contribution >= 4 is 5.91 Å². The molecule has 0 saturated heterocycles. The molecule has 1 N–H and O–H groups in total. The van der Waals surface area contributed by atoms with Crippen molar-refractivity contribution in [3.63, 3.8) is 0 Å². The molecule has 3 heterocycles. The molecule has 0 spiro atoms. The average Bonchev–Trinajstić information content (AvgIpc) is 3.35. The fraction of sp³-hybridized carbons (Fsp3) is 0.458. The molecule has 7 nitrogen and oxygen atoms in total. The van der Waals surface area contributed by atoms with Crippen LogP contribution in [0.5, 0.6) is 0 Å². The zero-order valence-corrected chi connectivity index (χ0v) is 17.3. The minimum absolute atomic E-state index is 0.0803. The van der Waals surface area contributed by atoms with Crippen LogP contribution in [0.25, 0.3) is 11.5 Å². The molecule has 3 aromatic rings. The Morgan fingerprint density at radius 3 is 2.94 bits per heavy atom. The van der Waals surface area contributed by atoms with Crippen LogP contribution in [0.4, 0.5) is 0 Å². The van der Waals surface area contributed by atoms with Gasteiger partial charge in [0, 0.05) is 24.1 Å². The van der Waals surface area contributed by atoms with Gasteiger partial charge in [0.2, 0.25) is 11.8 Å². The predicted octanol–water partition coefficient (Wildman–Crippen LogP) is 3.94. The van der Waals surface area contributed by atoms with E-state index in [1.807, 2.05) is 24.3 Å². The highest BCUT2D eigenvalue weighted by atomic mass is 16.4. The monoisotopic (exact) mass is 415 g/mol. The van der Waals surface area contributed by atoms with Crippen molar-refractivity contribution in [2.75, 3.05) is 0 Å². The summed E-state index contributed by atoms with van der Waals surface area (Å²) in [4.78, 5) is 21.5. The molecule has 7 heteroatoms. The van der Waals surface area contributed by atoms with E-state index in [-0.39, 0.29) is 16.9 Å². The van der Waals surface area contributed by atoms with E-state index >= 15 is 0 Å². The van der Waals surface area contributed by atoms with Gasteiger partial charge in [-0.1, -0.05) is 18.9 Å². The Morgan fingerprint density at radius 1 is 1.13 bits per heavy atom. The van der Waals surface area contributed by atoms with Crippen LogP contribution in [0.2, 0.25) is 0 Å². The third kappa shape index (κ3) is 3.06. The van der Waals surface area contributed by atoms with Gasteiger partial charge in [-0.05, 0) is 68.2 Å². The first-order valence-corrected chi connectivity index (χ1v) is 11.1. The van der Waals surface area contributed by atoms with Gasteiger partial charge in [-0.2, -0.15) is 0 Å². The van der Waals surface area contributed by atoms with Crippen molar-refractivity contribution in [3.8, 4) is 11.5 Å². The Labute approximate surface area is 180 Å². The number of carbonyl (C=O) groups excluding carboxylic acids is 1. The van der Waals surface area contributed by atoms with Gasteiger partial charge < -0.3 is 9.73 Å². The molecule has 4 unspecified atom stereocenters. The van der Waals surface area contributed by atoms with Gasteiger partial charge in [-0.3, -0.25) is 14.8 Å². The number of aromatic nitrogens is 4. The normalized spacial score (nSPS) is 31.4. The molecule has 3 aromatic heterocycles. The second kappa shape index (κ2) is 6.97. The fourth-order valence-electron chi connectivity index (χ4n) is 6.50. The minimum Gasteiger partial charge on any atom is -0.420 e. The summed E-state index contributed by atoms with van der Waals surface area (Å²) >= 11 is 0. The van der Waals surface area contributed by atoms with Gasteiger partial charge in [0.1, 0.15) is 5.69 Å². The van der Waals surface area contributed by atoms with Crippen LogP contribution in [-0.2, 0) is 5.41 Å². The van der Waals surface area contributed by atoms with Crippen LogP contribution in [0.3, 0.4) is 0 Å². The largest absolute Gasteiger partial charge is 0.420 e. The van der Waals surface area contributed by atoms with E-state index in [4.69, 9.17) is 4.42 Å². The highest BCUT2D eigenvalue weighted by Crippen LogP contribution is 2.62. The number of amides is 1. The third-order valence-electron chi connectivity index (χ3n) is 7.65. The molecule has 6 rings (SSSR count). The summed E-state index contributed by atoms with van der Waals surface area (Å²) in [6.45, 7) is 0. The zero-order valence-electron chi connectivity index (χ0n) is 17.3. The number of rotatable bonds is 4. The second-order valence-corrected chi connectivity index (χ2v) is 9.54. The second-order valence-electron chi connectivity index (χ2n) is 9.54. The first kappa shape index (κ1) is 18.7. The lowest BCUT2D eigenvalue weighted by atomic mass is 9.69. The quantitative estimate of drug-likeness (QED) is 0.694. The molecule has 3 aliphatic carbocycles. The minimum atomic E-state index is -0.233. The molecule has 0 radical (unpaired) electrons. The molecule has 1 amide bonds. The highest BCUT2D eigenvalue weighted by Gasteiger charge is 2.62. The molecule has 4 atom stereocenters. The van der Waals surface area contributed by atoms with Crippen molar-refractivity contribution in [1.29, 1.82) is 0 Å². The highest BCUT2D eigenvalue weighted by molar-refractivity contribution is 5.92. The van der Waals surface area contributed by atoms with E-state index < -0.39 is 0 Å². The lowest BCUT2D eigenvalue weighted by Crippen LogP contribution is -2.51. The van der Waals surface area contributed by atoms with Crippen molar-refractivity contribution in [3.05, 3.63) is 60.5 Å². The summed E-state index contributed by atoms with van der Waals surface area (Å²) in [7, 11) is 0.